The second kappa shape index (κ2) is 9.21. The van der Waals surface area contributed by atoms with Crippen LogP contribution in [0.2, 0.25) is 0 Å². The fraction of sp³-hybridized carbons (Fsp3) is 0.381. The Balaban J connectivity index is 1.78. The molecule has 0 aliphatic heterocycles. The molecule has 0 saturated carbocycles. The van der Waals surface area contributed by atoms with E-state index >= 15 is 0 Å². The van der Waals surface area contributed by atoms with E-state index in [0.717, 1.165) is 10.3 Å². The topological polar surface area (TPSA) is 96.5 Å². The van der Waals surface area contributed by atoms with E-state index in [4.69, 9.17) is 5.73 Å². The summed E-state index contributed by atoms with van der Waals surface area (Å²) in [4.78, 5) is 4.38. The van der Waals surface area contributed by atoms with Gasteiger partial charge in [0.2, 0.25) is 10.0 Å². The fourth-order valence-corrected chi connectivity index (χ4v) is 5.73. The van der Waals surface area contributed by atoms with Gasteiger partial charge >= 0.3 is 0 Å². The molecule has 2 aromatic carbocycles. The minimum atomic E-state index is -3.74. The molecular formula is C21H27N3O3S2. The molecule has 3 N–H and O–H groups in total. The van der Waals surface area contributed by atoms with E-state index in [1.807, 2.05) is 44.2 Å². The van der Waals surface area contributed by atoms with Gasteiger partial charge in [-0.3, -0.25) is 0 Å². The van der Waals surface area contributed by atoms with Crippen LogP contribution in [0.15, 0.2) is 53.4 Å². The Morgan fingerprint density at radius 1 is 1.14 bits per heavy atom. The third-order valence-electron chi connectivity index (χ3n) is 4.61. The number of nitrogens with zero attached hydrogens (tertiary/aromatic N) is 2. The van der Waals surface area contributed by atoms with Gasteiger partial charge in [-0.1, -0.05) is 55.5 Å². The van der Waals surface area contributed by atoms with E-state index in [0.29, 0.717) is 30.0 Å². The van der Waals surface area contributed by atoms with E-state index in [2.05, 4.69) is 4.98 Å². The number of hydrogen-bond donors (Lipinski definition) is 2. The molecule has 0 aliphatic carbocycles. The van der Waals surface area contributed by atoms with Gasteiger partial charge in [0.25, 0.3) is 0 Å². The molecule has 3 rings (SSSR count). The van der Waals surface area contributed by atoms with Gasteiger partial charge in [-0.2, -0.15) is 4.31 Å². The summed E-state index contributed by atoms with van der Waals surface area (Å²) >= 11 is 1.26. The molecule has 0 aliphatic rings. The maximum absolute atomic E-state index is 13.3. The number of aliphatic hydroxyl groups excluding tert-OH is 1. The minimum absolute atomic E-state index is 0.0657. The molecule has 1 heterocycles. The highest BCUT2D eigenvalue weighted by molar-refractivity contribution is 7.89. The van der Waals surface area contributed by atoms with Gasteiger partial charge < -0.3 is 10.8 Å². The van der Waals surface area contributed by atoms with Crippen LogP contribution >= 0.6 is 11.3 Å². The summed E-state index contributed by atoms with van der Waals surface area (Å²) in [5, 5.41) is 11.0. The molecule has 156 valence electrons. The standard InChI is InChI=1S/C21H27N3O3S2/c1-15(2)13-24(14-17(25)9-8-16-6-4-3-5-7-16)29(26,27)18-10-11-19-20(12-18)28-21(22)23-19/h3-7,10-12,15,17,25H,8-9,13-14H2,1-2H3,(H2,22,23)/t17-/m1/s1. The fourth-order valence-electron chi connectivity index (χ4n) is 3.21. The number of benzene rings is 2. The second-order valence-electron chi connectivity index (χ2n) is 7.58. The van der Waals surface area contributed by atoms with Crippen molar-refractivity contribution in [2.75, 3.05) is 18.8 Å². The number of aromatic nitrogens is 1. The maximum atomic E-state index is 13.3. The molecular weight excluding hydrogens is 406 g/mol. The minimum Gasteiger partial charge on any atom is -0.392 e. The molecule has 1 atom stereocenters. The number of aliphatic hydroxyl groups is 1. The van der Waals surface area contributed by atoms with Crippen LogP contribution in [0.4, 0.5) is 5.13 Å². The zero-order valence-corrected chi connectivity index (χ0v) is 18.3. The third kappa shape index (κ3) is 5.54. The van der Waals surface area contributed by atoms with Gasteiger partial charge in [0.05, 0.1) is 21.2 Å². The van der Waals surface area contributed by atoms with Gasteiger partial charge in [0.1, 0.15) is 0 Å². The molecule has 6 nitrogen and oxygen atoms in total. The number of nitrogens with two attached hydrogens (primary N) is 1. The Morgan fingerprint density at radius 2 is 1.86 bits per heavy atom. The predicted molar refractivity (Wildman–Crippen MR) is 118 cm³/mol. The SMILES string of the molecule is CC(C)CN(C[C@H](O)CCc1ccccc1)S(=O)(=O)c1ccc2nc(N)sc2c1. The lowest BCUT2D eigenvalue weighted by atomic mass is 10.1. The molecule has 0 fully saturated rings. The molecule has 0 saturated heterocycles. The van der Waals surface area contributed by atoms with Crippen molar-refractivity contribution in [3.63, 3.8) is 0 Å². The number of hydrogen-bond acceptors (Lipinski definition) is 6. The highest BCUT2D eigenvalue weighted by Crippen LogP contribution is 2.28. The molecule has 0 bridgehead atoms. The average Bonchev–Trinajstić information content (AvgIpc) is 3.05. The van der Waals surface area contributed by atoms with E-state index in [1.54, 1.807) is 18.2 Å². The average molecular weight is 434 g/mol. The Hall–Kier alpha value is -2.00. The van der Waals surface area contributed by atoms with Crippen molar-refractivity contribution in [1.82, 2.24) is 9.29 Å². The quantitative estimate of drug-likeness (QED) is 0.538. The van der Waals surface area contributed by atoms with Crippen LogP contribution in [0.3, 0.4) is 0 Å². The highest BCUT2D eigenvalue weighted by Gasteiger charge is 2.27. The van der Waals surface area contributed by atoms with Gasteiger partial charge in [-0.15, -0.1) is 0 Å². The van der Waals surface area contributed by atoms with Crippen LogP contribution in [0.25, 0.3) is 10.2 Å². The van der Waals surface area contributed by atoms with Gasteiger partial charge in [0, 0.05) is 13.1 Å². The van der Waals surface area contributed by atoms with E-state index < -0.39 is 16.1 Å². The first-order valence-corrected chi connectivity index (χ1v) is 11.9. The maximum Gasteiger partial charge on any atom is 0.243 e. The zero-order chi connectivity index (χ0) is 21.0. The van der Waals surface area contributed by atoms with Crippen molar-refractivity contribution in [2.45, 2.75) is 37.7 Å². The molecule has 0 spiro atoms. The Morgan fingerprint density at radius 3 is 2.55 bits per heavy atom. The Kier molecular flexibility index (Phi) is 6.89. The first kappa shape index (κ1) is 21.7. The Bertz CT molecular complexity index is 1050. The largest absolute Gasteiger partial charge is 0.392 e. The summed E-state index contributed by atoms with van der Waals surface area (Å²) < 4.78 is 28.7. The van der Waals surface area contributed by atoms with Crippen LogP contribution in [-0.4, -0.2) is 42.0 Å². The van der Waals surface area contributed by atoms with Crippen molar-refractivity contribution in [3.8, 4) is 0 Å². The number of rotatable bonds is 9. The number of fused-ring (bicyclic) bond motifs is 1. The van der Waals surface area contributed by atoms with E-state index in [-0.39, 0.29) is 17.4 Å². The zero-order valence-electron chi connectivity index (χ0n) is 16.7. The lowest BCUT2D eigenvalue weighted by Gasteiger charge is -2.26. The van der Waals surface area contributed by atoms with Crippen molar-refractivity contribution in [1.29, 1.82) is 0 Å². The number of anilines is 1. The van der Waals surface area contributed by atoms with Crippen molar-refractivity contribution >= 4 is 36.7 Å². The molecule has 0 radical (unpaired) electrons. The summed E-state index contributed by atoms with van der Waals surface area (Å²) in [6.07, 6.45) is 0.453. The van der Waals surface area contributed by atoms with Gasteiger partial charge in [-0.05, 0) is 42.5 Å². The summed E-state index contributed by atoms with van der Waals surface area (Å²) in [5.41, 5.74) is 7.55. The third-order valence-corrected chi connectivity index (χ3v) is 7.28. The van der Waals surface area contributed by atoms with Gasteiger partial charge in [0.15, 0.2) is 5.13 Å². The molecule has 8 heteroatoms. The molecule has 3 aromatic rings. The molecule has 29 heavy (non-hydrogen) atoms. The van der Waals surface area contributed by atoms with E-state index in [9.17, 15) is 13.5 Å². The first-order chi connectivity index (χ1) is 13.8. The predicted octanol–water partition coefficient (Wildman–Crippen LogP) is 3.52. The van der Waals surface area contributed by atoms with Crippen LogP contribution in [0.1, 0.15) is 25.8 Å². The van der Waals surface area contributed by atoms with Crippen molar-refractivity contribution < 1.29 is 13.5 Å². The Labute approximate surface area is 176 Å². The number of sulfonamides is 1. The number of aryl methyl sites for hydroxylation is 1. The highest BCUT2D eigenvalue weighted by atomic mass is 32.2. The summed E-state index contributed by atoms with van der Waals surface area (Å²) in [5.74, 6) is 0.133. The first-order valence-electron chi connectivity index (χ1n) is 9.64. The molecule has 0 unspecified atom stereocenters. The lowest BCUT2D eigenvalue weighted by Crippen LogP contribution is -2.40. The van der Waals surface area contributed by atoms with Crippen molar-refractivity contribution in [3.05, 3.63) is 54.1 Å². The number of thiazole rings is 1. The number of nitrogen functional groups attached to an aromatic ring is 1. The molecule has 0 amide bonds. The normalized spacial score (nSPS) is 13.4. The van der Waals surface area contributed by atoms with E-state index in [1.165, 1.54) is 15.6 Å². The van der Waals surface area contributed by atoms with Crippen LogP contribution in [0, 0.1) is 5.92 Å². The smallest absolute Gasteiger partial charge is 0.243 e. The van der Waals surface area contributed by atoms with Crippen molar-refractivity contribution in [2.24, 2.45) is 5.92 Å². The van der Waals surface area contributed by atoms with Crippen LogP contribution in [0.5, 0.6) is 0 Å². The summed E-state index contributed by atoms with van der Waals surface area (Å²) in [6.45, 7) is 4.34. The molecule has 1 aromatic heterocycles. The van der Waals surface area contributed by atoms with Crippen LogP contribution < -0.4 is 5.73 Å². The lowest BCUT2D eigenvalue weighted by molar-refractivity contribution is 0.133. The van der Waals surface area contributed by atoms with Gasteiger partial charge in [-0.25, -0.2) is 13.4 Å². The van der Waals surface area contributed by atoms with Crippen LogP contribution in [-0.2, 0) is 16.4 Å². The summed E-state index contributed by atoms with van der Waals surface area (Å²) in [6, 6.07) is 14.7. The summed E-state index contributed by atoms with van der Waals surface area (Å²) in [7, 11) is -3.74. The monoisotopic (exact) mass is 433 g/mol. The second-order valence-corrected chi connectivity index (χ2v) is 10.6.